The Bertz CT molecular complexity index is 361. The standard InChI is InChI=1S/C17H28N2/c1-13(2)15-4-5-16(12-18-3)17(11-15)10-14-6-8-19-9-7-14/h6-9,13,15-18H,4-5,10-12H2,1-3H3. The molecule has 1 N–H and O–H groups in total. The molecule has 0 spiro atoms. The van der Waals surface area contributed by atoms with E-state index in [2.05, 4.69) is 43.3 Å². The summed E-state index contributed by atoms with van der Waals surface area (Å²) in [5.74, 6) is 3.42. The number of aromatic nitrogens is 1. The number of nitrogens with zero attached hydrogens (tertiary/aromatic N) is 1. The highest BCUT2D eigenvalue weighted by Gasteiger charge is 2.31. The van der Waals surface area contributed by atoms with Crippen LogP contribution in [0.5, 0.6) is 0 Å². The van der Waals surface area contributed by atoms with Crippen LogP contribution in [0.15, 0.2) is 24.5 Å². The van der Waals surface area contributed by atoms with Gasteiger partial charge in [0.1, 0.15) is 0 Å². The van der Waals surface area contributed by atoms with Gasteiger partial charge in [0.25, 0.3) is 0 Å². The third-order valence-corrected chi connectivity index (χ3v) is 4.84. The number of hydrogen-bond donors (Lipinski definition) is 1. The lowest BCUT2D eigenvalue weighted by Gasteiger charge is -2.38. The van der Waals surface area contributed by atoms with Crippen LogP contribution >= 0.6 is 0 Å². The van der Waals surface area contributed by atoms with Crippen LogP contribution in [-0.4, -0.2) is 18.6 Å². The predicted molar refractivity (Wildman–Crippen MR) is 81.0 cm³/mol. The van der Waals surface area contributed by atoms with Crippen LogP contribution in [-0.2, 0) is 6.42 Å². The first-order chi connectivity index (χ1) is 9.20. The molecule has 1 aromatic rings. The average Bonchev–Trinajstić information content (AvgIpc) is 2.42. The van der Waals surface area contributed by atoms with Gasteiger partial charge in [-0.15, -0.1) is 0 Å². The fraction of sp³-hybridized carbons (Fsp3) is 0.706. The summed E-state index contributed by atoms with van der Waals surface area (Å²) in [5, 5.41) is 3.38. The van der Waals surface area contributed by atoms with Gasteiger partial charge in [0, 0.05) is 12.4 Å². The first-order valence-electron chi connectivity index (χ1n) is 7.74. The molecule has 2 nitrogen and oxygen atoms in total. The van der Waals surface area contributed by atoms with Crippen molar-refractivity contribution in [3.05, 3.63) is 30.1 Å². The Morgan fingerprint density at radius 3 is 2.58 bits per heavy atom. The van der Waals surface area contributed by atoms with Crippen LogP contribution < -0.4 is 5.32 Å². The van der Waals surface area contributed by atoms with Gasteiger partial charge in [-0.25, -0.2) is 0 Å². The van der Waals surface area contributed by atoms with E-state index in [1.54, 1.807) is 0 Å². The minimum atomic E-state index is 0.829. The number of nitrogens with one attached hydrogen (secondary N) is 1. The second kappa shape index (κ2) is 7.04. The van der Waals surface area contributed by atoms with E-state index in [4.69, 9.17) is 0 Å². The molecular formula is C17H28N2. The second-order valence-electron chi connectivity index (χ2n) is 6.45. The van der Waals surface area contributed by atoms with Crippen LogP contribution in [0.2, 0.25) is 0 Å². The van der Waals surface area contributed by atoms with Crippen molar-refractivity contribution < 1.29 is 0 Å². The monoisotopic (exact) mass is 260 g/mol. The lowest BCUT2D eigenvalue weighted by Crippen LogP contribution is -2.34. The summed E-state index contributed by atoms with van der Waals surface area (Å²) >= 11 is 0. The van der Waals surface area contributed by atoms with Gasteiger partial charge >= 0.3 is 0 Å². The average molecular weight is 260 g/mol. The summed E-state index contributed by atoms with van der Waals surface area (Å²) in [4.78, 5) is 4.12. The third kappa shape index (κ3) is 4.04. The van der Waals surface area contributed by atoms with Gasteiger partial charge in [-0.2, -0.15) is 0 Å². The molecular weight excluding hydrogens is 232 g/mol. The minimum Gasteiger partial charge on any atom is -0.319 e. The van der Waals surface area contributed by atoms with Crippen LogP contribution in [0.25, 0.3) is 0 Å². The number of hydrogen-bond acceptors (Lipinski definition) is 2. The molecule has 0 amide bonds. The van der Waals surface area contributed by atoms with Gasteiger partial charge < -0.3 is 5.32 Å². The zero-order valence-corrected chi connectivity index (χ0v) is 12.6. The van der Waals surface area contributed by atoms with E-state index in [9.17, 15) is 0 Å². The largest absolute Gasteiger partial charge is 0.319 e. The highest BCUT2D eigenvalue weighted by molar-refractivity contribution is 5.11. The first-order valence-corrected chi connectivity index (χ1v) is 7.74. The number of rotatable bonds is 5. The molecule has 19 heavy (non-hydrogen) atoms. The zero-order valence-electron chi connectivity index (χ0n) is 12.6. The van der Waals surface area contributed by atoms with E-state index in [0.717, 1.165) is 23.7 Å². The van der Waals surface area contributed by atoms with E-state index in [-0.39, 0.29) is 0 Å². The van der Waals surface area contributed by atoms with E-state index >= 15 is 0 Å². The molecule has 3 unspecified atom stereocenters. The van der Waals surface area contributed by atoms with Crippen molar-refractivity contribution in [1.82, 2.24) is 10.3 Å². The molecule has 106 valence electrons. The normalized spacial score (nSPS) is 27.7. The second-order valence-corrected chi connectivity index (χ2v) is 6.45. The quantitative estimate of drug-likeness (QED) is 0.876. The van der Waals surface area contributed by atoms with Crippen molar-refractivity contribution in [3.63, 3.8) is 0 Å². The summed E-state index contributed by atoms with van der Waals surface area (Å²) in [6.45, 7) is 5.93. The van der Waals surface area contributed by atoms with E-state index < -0.39 is 0 Å². The van der Waals surface area contributed by atoms with Gasteiger partial charge in [0.15, 0.2) is 0 Å². The summed E-state index contributed by atoms with van der Waals surface area (Å²) in [5.41, 5.74) is 1.45. The molecule has 1 heterocycles. The molecule has 1 fully saturated rings. The van der Waals surface area contributed by atoms with Crippen molar-refractivity contribution >= 4 is 0 Å². The van der Waals surface area contributed by atoms with Gasteiger partial charge in [0.05, 0.1) is 0 Å². The highest BCUT2D eigenvalue weighted by atomic mass is 14.8. The molecule has 0 aromatic carbocycles. The zero-order chi connectivity index (χ0) is 13.7. The maximum absolute atomic E-state index is 4.12. The maximum Gasteiger partial charge on any atom is 0.0270 e. The predicted octanol–water partition coefficient (Wildman–Crippen LogP) is 3.53. The van der Waals surface area contributed by atoms with Crippen LogP contribution in [0.4, 0.5) is 0 Å². The Hall–Kier alpha value is -0.890. The van der Waals surface area contributed by atoms with E-state index in [0.29, 0.717) is 0 Å². The summed E-state index contributed by atoms with van der Waals surface area (Å²) < 4.78 is 0. The molecule has 0 radical (unpaired) electrons. The lowest BCUT2D eigenvalue weighted by molar-refractivity contribution is 0.146. The molecule has 1 aliphatic rings. The fourth-order valence-electron chi connectivity index (χ4n) is 3.57. The summed E-state index contributed by atoms with van der Waals surface area (Å²) in [6, 6.07) is 4.35. The highest BCUT2D eigenvalue weighted by Crippen LogP contribution is 2.38. The lowest BCUT2D eigenvalue weighted by atomic mass is 9.69. The smallest absolute Gasteiger partial charge is 0.0270 e. The molecule has 1 aromatic heterocycles. The van der Waals surface area contributed by atoms with Gasteiger partial charge in [-0.1, -0.05) is 13.8 Å². The van der Waals surface area contributed by atoms with Gasteiger partial charge in [0.2, 0.25) is 0 Å². The Balaban J connectivity index is 2.03. The Morgan fingerprint density at radius 1 is 1.21 bits per heavy atom. The Labute approximate surface area is 118 Å². The summed E-state index contributed by atoms with van der Waals surface area (Å²) in [7, 11) is 2.08. The minimum absolute atomic E-state index is 0.829. The molecule has 0 aliphatic heterocycles. The van der Waals surface area contributed by atoms with Crippen LogP contribution in [0.1, 0.15) is 38.7 Å². The van der Waals surface area contributed by atoms with Gasteiger partial charge in [-0.3, -0.25) is 4.98 Å². The molecule has 3 atom stereocenters. The van der Waals surface area contributed by atoms with Gasteiger partial charge in [-0.05, 0) is 80.6 Å². The fourth-order valence-corrected chi connectivity index (χ4v) is 3.57. The van der Waals surface area contributed by atoms with Crippen molar-refractivity contribution in [2.45, 2.75) is 39.5 Å². The molecule has 2 heteroatoms. The Morgan fingerprint density at radius 2 is 1.95 bits per heavy atom. The molecule has 0 saturated heterocycles. The molecule has 0 bridgehead atoms. The first kappa shape index (κ1) is 14.5. The third-order valence-electron chi connectivity index (χ3n) is 4.84. The van der Waals surface area contributed by atoms with Crippen LogP contribution in [0.3, 0.4) is 0 Å². The van der Waals surface area contributed by atoms with E-state index in [1.807, 2.05) is 12.4 Å². The molecule has 2 rings (SSSR count). The number of pyridine rings is 1. The Kier molecular flexibility index (Phi) is 5.38. The van der Waals surface area contributed by atoms with Crippen LogP contribution in [0, 0.1) is 23.7 Å². The molecule has 1 saturated carbocycles. The van der Waals surface area contributed by atoms with Crippen molar-refractivity contribution in [2.75, 3.05) is 13.6 Å². The van der Waals surface area contributed by atoms with Crippen molar-refractivity contribution in [2.24, 2.45) is 23.7 Å². The maximum atomic E-state index is 4.12. The molecule has 1 aliphatic carbocycles. The topological polar surface area (TPSA) is 24.9 Å². The van der Waals surface area contributed by atoms with Crippen molar-refractivity contribution in [1.29, 1.82) is 0 Å². The summed E-state index contributed by atoms with van der Waals surface area (Å²) in [6.07, 6.45) is 9.26. The SMILES string of the molecule is CNCC1CCC(C(C)C)CC1Cc1ccncc1. The van der Waals surface area contributed by atoms with Crippen molar-refractivity contribution in [3.8, 4) is 0 Å². The van der Waals surface area contributed by atoms with E-state index in [1.165, 1.54) is 37.8 Å².